The van der Waals surface area contributed by atoms with Crippen molar-refractivity contribution in [2.45, 2.75) is 12.8 Å². The molecule has 1 aromatic heterocycles. The molecular weight excluding hydrogens is 518 g/mol. The molecule has 0 saturated carbocycles. The van der Waals surface area contributed by atoms with Gasteiger partial charge in [0, 0.05) is 22.3 Å². The van der Waals surface area contributed by atoms with E-state index in [9.17, 15) is 0 Å². The number of para-hydroxylation sites is 1. The second-order valence-corrected chi connectivity index (χ2v) is 11.7. The van der Waals surface area contributed by atoms with Crippen LogP contribution >= 0.6 is 0 Å². The second kappa shape index (κ2) is 9.58. The summed E-state index contributed by atoms with van der Waals surface area (Å²) in [5.74, 6) is 0. The molecule has 1 aliphatic rings. The average Bonchev–Trinajstić information content (AvgIpc) is 3.42. The van der Waals surface area contributed by atoms with Crippen molar-refractivity contribution < 1.29 is 0 Å². The Morgan fingerprint density at radius 2 is 1.07 bits per heavy atom. The van der Waals surface area contributed by atoms with Crippen molar-refractivity contribution in [2.24, 2.45) is 0 Å². The summed E-state index contributed by atoms with van der Waals surface area (Å²) in [6.07, 6.45) is 2.08. The first-order chi connectivity index (χ1) is 21.3. The van der Waals surface area contributed by atoms with Crippen molar-refractivity contribution in [3.8, 4) is 39.1 Å². The maximum absolute atomic E-state index is 2.51. The van der Waals surface area contributed by atoms with Gasteiger partial charge < -0.3 is 4.57 Å². The maximum atomic E-state index is 2.51. The van der Waals surface area contributed by atoms with Gasteiger partial charge in [-0.05, 0) is 104 Å². The highest BCUT2D eigenvalue weighted by Gasteiger charge is 2.25. The summed E-state index contributed by atoms with van der Waals surface area (Å²) < 4.78 is 2.51. The van der Waals surface area contributed by atoms with Gasteiger partial charge in [0.05, 0.1) is 5.52 Å². The number of aryl methyl sites for hydroxylation is 1. The van der Waals surface area contributed by atoms with Crippen LogP contribution in [0.15, 0.2) is 152 Å². The van der Waals surface area contributed by atoms with Gasteiger partial charge in [0.15, 0.2) is 0 Å². The predicted molar refractivity (Wildman–Crippen MR) is 182 cm³/mol. The van der Waals surface area contributed by atoms with Crippen LogP contribution in [0.3, 0.4) is 0 Å². The monoisotopic (exact) mass is 547 g/mol. The molecule has 7 aromatic carbocycles. The van der Waals surface area contributed by atoms with Gasteiger partial charge >= 0.3 is 0 Å². The third-order valence-electron chi connectivity index (χ3n) is 9.26. The zero-order chi connectivity index (χ0) is 28.3. The molecule has 0 N–H and O–H groups in total. The SMILES string of the molecule is c1ccc(-c2ccc3ccc(-c4ccc5c(c4)-c4c(n(-c6ccc7ccccc7c6)c6ccccc46)CC5)cc3c2)cc1. The summed E-state index contributed by atoms with van der Waals surface area (Å²) in [7, 11) is 0. The minimum Gasteiger partial charge on any atom is -0.313 e. The van der Waals surface area contributed by atoms with E-state index in [1.165, 1.54) is 82.8 Å². The molecule has 1 heteroatoms. The number of hydrogen-bond donors (Lipinski definition) is 0. The Kier molecular flexibility index (Phi) is 5.39. The third kappa shape index (κ3) is 3.93. The van der Waals surface area contributed by atoms with E-state index in [1.807, 2.05) is 0 Å². The Morgan fingerprint density at radius 1 is 0.419 bits per heavy atom. The van der Waals surface area contributed by atoms with Crippen molar-refractivity contribution in [3.05, 3.63) is 163 Å². The normalized spacial score (nSPS) is 12.5. The van der Waals surface area contributed by atoms with Gasteiger partial charge in [-0.2, -0.15) is 0 Å². The van der Waals surface area contributed by atoms with Crippen LogP contribution in [-0.4, -0.2) is 4.57 Å². The van der Waals surface area contributed by atoms with Crippen molar-refractivity contribution >= 4 is 32.4 Å². The summed E-state index contributed by atoms with van der Waals surface area (Å²) in [4.78, 5) is 0. The zero-order valence-corrected chi connectivity index (χ0v) is 23.8. The Morgan fingerprint density at radius 3 is 1.93 bits per heavy atom. The molecule has 8 aromatic rings. The first-order valence-electron chi connectivity index (χ1n) is 15.1. The second-order valence-electron chi connectivity index (χ2n) is 11.7. The molecule has 202 valence electrons. The van der Waals surface area contributed by atoms with Crippen molar-refractivity contribution in [1.29, 1.82) is 0 Å². The van der Waals surface area contributed by atoms with E-state index in [1.54, 1.807) is 0 Å². The minimum absolute atomic E-state index is 1.03. The summed E-state index contributed by atoms with van der Waals surface area (Å²) in [5.41, 5.74) is 13.1. The first-order valence-corrected chi connectivity index (χ1v) is 15.1. The van der Waals surface area contributed by atoms with Gasteiger partial charge in [-0.15, -0.1) is 0 Å². The van der Waals surface area contributed by atoms with Gasteiger partial charge in [0.2, 0.25) is 0 Å². The summed E-state index contributed by atoms with van der Waals surface area (Å²) in [5, 5.41) is 6.41. The predicted octanol–water partition coefficient (Wildman–Crippen LogP) is 11.0. The Labute approximate surface area is 251 Å². The van der Waals surface area contributed by atoms with E-state index in [-0.39, 0.29) is 0 Å². The van der Waals surface area contributed by atoms with Crippen molar-refractivity contribution in [3.63, 3.8) is 0 Å². The minimum atomic E-state index is 1.03. The lowest BCUT2D eigenvalue weighted by atomic mass is 9.86. The molecule has 0 spiro atoms. The molecule has 9 rings (SSSR count). The first kappa shape index (κ1) is 24.2. The van der Waals surface area contributed by atoms with Crippen LogP contribution in [0.1, 0.15) is 11.3 Å². The fraction of sp³-hybridized carbons (Fsp3) is 0.0476. The lowest BCUT2D eigenvalue weighted by Crippen LogP contribution is -2.08. The highest BCUT2D eigenvalue weighted by atomic mass is 15.0. The number of rotatable bonds is 3. The quantitative estimate of drug-likeness (QED) is 0.207. The maximum Gasteiger partial charge on any atom is 0.0537 e. The molecule has 0 fully saturated rings. The molecule has 1 nitrogen and oxygen atoms in total. The van der Waals surface area contributed by atoms with E-state index < -0.39 is 0 Å². The topological polar surface area (TPSA) is 4.93 Å². The van der Waals surface area contributed by atoms with Crippen LogP contribution in [0, 0.1) is 0 Å². The molecular formula is C42H29N. The number of fused-ring (bicyclic) bond motifs is 7. The largest absolute Gasteiger partial charge is 0.313 e. The van der Waals surface area contributed by atoms with E-state index in [4.69, 9.17) is 0 Å². The zero-order valence-electron chi connectivity index (χ0n) is 23.8. The lowest BCUT2D eigenvalue weighted by Gasteiger charge is -2.21. The van der Waals surface area contributed by atoms with E-state index >= 15 is 0 Å². The standard InChI is InChI=1S/C42H29N/c1-2-8-28(9-3-1)33-17-14-30-15-18-34(25-36(30)24-33)35-19-16-31-21-23-41-42(39(31)27-35)38-12-6-7-13-40(38)43(41)37-22-20-29-10-4-5-11-32(29)26-37/h1-20,22,24-27H,21,23H2. The molecule has 43 heavy (non-hydrogen) atoms. The number of benzene rings is 7. The van der Waals surface area contributed by atoms with Crippen LogP contribution in [0.4, 0.5) is 0 Å². The van der Waals surface area contributed by atoms with Gasteiger partial charge in [0.1, 0.15) is 0 Å². The van der Waals surface area contributed by atoms with Gasteiger partial charge in [-0.25, -0.2) is 0 Å². The number of nitrogens with zero attached hydrogens (tertiary/aromatic N) is 1. The molecule has 0 saturated heterocycles. The van der Waals surface area contributed by atoms with Crippen LogP contribution < -0.4 is 0 Å². The number of hydrogen-bond acceptors (Lipinski definition) is 0. The Balaban J connectivity index is 1.20. The molecule has 0 atom stereocenters. The molecule has 0 unspecified atom stereocenters. The van der Waals surface area contributed by atoms with Crippen molar-refractivity contribution in [2.75, 3.05) is 0 Å². The van der Waals surface area contributed by atoms with Crippen LogP contribution in [0.2, 0.25) is 0 Å². The third-order valence-corrected chi connectivity index (χ3v) is 9.26. The van der Waals surface area contributed by atoms with Crippen LogP contribution in [-0.2, 0) is 12.8 Å². The van der Waals surface area contributed by atoms with Gasteiger partial charge in [0.25, 0.3) is 0 Å². The summed E-state index contributed by atoms with van der Waals surface area (Å²) in [6.45, 7) is 0. The van der Waals surface area contributed by atoms with E-state index in [2.05, 4.69) is 156 Å². The fourth-order valence-electron chi connectivity index (χ4n) is 7.14. The molecule has 0 amide bonds. The summed E-state index contributed by atoms with van der Waals surface area (Å²) in [6, 6.07) is 55.9. The van der Waals surface area contributed by atoms with Gasteiger partial charge in [-0.1, -0.05) is 115 Å². The fourth-order valence-corrected chi connectivity index (χ4v) is 7.14. The van der Waals surface area contributed by atoms with Crippen LogP contribution in [0.25, 0.3) is 71.5 Å². The Bertz CT molecular complexity index is 2340. The number of aromatic nitrogens is 1. The average molecular weight is 548 g/mol. The smallest absolute Gasteiger partial charge is 0.0537 e. The highest BCUT2D eigenvalue weighted by Crippen LogP contribution is 2.44. The highest BCUT2D eigenvalue weighted by molar-refractivity contribution is 6.02. The van der Waals surface area contributed by atoms with Crippen LogP contribution in [0.5, 0.6) is 0 Å². The van der Waals surface area contributed by atoms with Gasteiger partial charge in [-0.3, -0.25) is 0 Å². The molecule has 1 aliphatic carbocycles. The molecule has 1 heterocycles. The van der Waals surface area contributed by atoms with E-state index in [0.717, 1.165) is 12.8 Å². The van der Waals surface area contributed by atoms with Crippen molar-refractivity contribution in [1.82, 2.24) is 4.57 Å². The summed E-state index contributed by atoms with van der Waals surface area (Å²) >= 11 is 0. The molecule has 0 aliphatic heterocycles. The molecule has 0 radical (unpaired) electrons. The lowest BCUT2D eigenvalue weighted by molar-refractivity contribution is 0.866. The Hall–Kier alpha value is -5.40. The van der Waals surface area contributed by atoms with E-state index in [0.29, 0.717) is 0 Å². The molecule has 0 bridgehead atoms.